The lowest BCUT2D eigenvalue weighted by atomic mass is 10.00. The van der Waals surface area contributed by atoms with Crippen LogP contribution in [0.25, 0.3) is 0 Å². The summed E-state index contributed by atoms with van der Waals surface area (Å²) in [6.45, 7) is 1.84. The van der Waals surface area contributed by atoms with E-state index in [0.717, 1.165) is 12.1 Å². The molecule has 0 unspecified atom stereocenters. The third kappa shape index (κ3) is 1.83. The van der Waals surface area contributed by atoms with Gasteiger partial charge >= 0.3 is 0 Å². The molecular weight excluding hydrogens is 278 g/mol. The molecule has 0 bridgehead atoms. The van der Waals surface area contributed by atoms with Crippen LogP contribution in [0.3, 0.4) is 0 Å². The van der Waals surface area contributed by atoms with Crippen molar-refractivity contribution in [2.45, 2.75) is 25.2 Å². The highest BCUT2D eigenvalue weighted by Gasteiger charge is 2.38. The fraction of sp³-hybridized carbons (Fsp3) is 0.500. The average molecular weight is 291 g/mol. The van der Waals surface area contributed by atoms with Gasteiger partial charge < -0.3 is 9.64 Å². The van der Waals surface area contributed by atoms with Gasteiger partial charge in [0.2, 0.25) is 0 Å². The summed E-state index contributed by atoms with van der Waals surface area (Å²) in [5.74, 6) is -0.0167. The Balaban J connectivity index is 1.58. The number of hydrogen-bond acceptors (Lipinski definition) is 6. The first-order chi connectivity index (χ1) is 9.83. The number of aromatic nitrogens is 4. The van der Waals surface area contributed by atoms with Crippen molar-refractivity contribution in [1.29, 1.82) is 0 Å². The van der Waals surface area contributed by atoms with Crippen molar-refractivity contribution in [3.8, 4) is 0 Å². The third-order valence-electron chi connectivity index (χ3n) is 3.87. The minimum Gasteiger partial charge on any atom is -0.370 e. The summed E-state index contributed by atoms with van der Waals surface area (Å²) in [7, 11) is 0. The van der Waals surface area contributed by atoms with Crippen molar-refractivity contribution in [2.75, 3.05) is 13.1 Å². The number of amides is 1. The maximum atomic E-state index is 12.4. The Labute approximate surface area is 119 Å². The lowest BCUT2D eigenvalue weighted by Crippen LogP contribution is -2.50. The van der Waals surface area contributed by atoms with E-state index >= 15 is 0 Å². The number of nitrogens with zero attached hydrogens (tertiary/aromatic N) is 5. The molecule has 0 aliphatic carbocycles. The molecule has 2 aromatic heterocycles. The van der Waals surface area contributed by atoms with E-state index in [0.29, 0.717) is 25.4 Å². The van der Waals surface area contributed by atoms with Crippen LogP contribution in [-0.4, -0.2) is 50.0 Å². The van der Waals surface area contributed by atoms with Gasteiger partial charge in [0.1, 0.15) is 5.69 Å². The van der Waals surface area contributed by atoms with E-state index in [2.05, 4.69) is 15.3 Å². The van der Waals surface area contributed by atoms with E-state index < -0.39 is 0 Å². The molecule has 7 nitrogen and oxygen atoms in total. The van der Waals surface area contributed by atoms with Gasteiger partial charge in [0.25, 0.3) is 5.91 Å². The van der Waals surface area contributed by atoms with Crippen LogP contribution >= 0.6 is 11.3 Å². The van der Waals surface area contributed by atoms with Crippen LogP contribution in [-0.2, 0) is 11.3 Å². The summed E-state index contributed by atoms with van der Waals surface area (Å²) in [6, 6.07) is 0.0533. The lowest BCUT2D eigenvalue weighted by Gasteiger charge is -2.40. The number of ether oxygens (including phenoxy) is 1. The Bertz CT molecular complexity index is 626. The van der Waals surface area contributed by atoms with Crippen molar-refractivity contribution in [1.82, 2.24) is 24.9 Å². The van der Waals surface area contributed by atoms with Gasteiger partial charge in [-0.3, -0.25) is 4.79 Å². The minimum atomic E-state index is -0.0167. The first kappa shape index (κ1) is 12.0. The average Bonchev–Trinajstić information content (AvgIpc) is 3.16. The predicted molar refractivity (Wildman–Crippen MR) is 70.3 cm³/mol. The van der Waals surface area contributed by atoms with Crippen LogP contribution in [0.5, 0.6) is 0 Å². The second kappa shape index (κ2) is 4.64. The molecule has 2 atom stereocenters. The van der Waals surface area contributed by atoms with Gasteiger partial charge in [-0.05, 0) is 6.42 Å². The van der Waals surface area contributed by atoms with E-state index in [1.807, 2.05) is 9.58 Å². The number of hydrogen-bond donors (Lipinski definition) is 0. The fourth-order valence-electron chi connectivity index (χ4n) is 2.84. The van der Waals surface area contributed by atoms with E-state index in [4.69, 9.17) is 4.74 Å². The topological polar surface area (TPSA) is 73.1 Å². The van der Waals surface area contributed by atoms with E-state index in [1.54, 1.807) is 17.1 Å². The SMILES string of the molecule is O=C(c1cscn1)N1CC[C@H]2OCc3cnnn3[C@H]2C1. The molecule has 2 aromatic rings. The van der Waals surface area contributed by atoms with E-state index in [9.17, 15) is 4.79 Å². The summed E-state index contributed by atoms with van der Waals surface area (Å²) in [5, 5.41) is 9.85. The van der Waals surface area contributed by atoms with Crippen molar-refractivity contribution >= 4 is 17.2 Å². The molecule has 0 radical (unpaired) electrons. The summed E-state index contributed by atoms with van der Waals surface area (Å²) < 4.78 is 7.73. The largest absolute Gasteiger partial charge is 0.370 e. The molecule has 20 heavy (non-hydrogen) atoms. The van der Waals surface area contributed by atoms with Crippen LogP contribution in [0.15, 0.2) is 17.1 Å². The van der Waals surface area contributed by atoms with Crippen LogP contribution < -0.4 is 0 Å². The Morgan fingerprint density at radius 3 is 3.30 bits per heavy atom. The fourth-order valence-corrected chi connectivity index (χ4v) is 3.37. The van der Waals surface area contributed by atoms with Gasteiger partial charge in [-0.2, -0.15) is 0 Å². The van der Waals surface area contributed by atoms with Gasteiger partial charge in [-0.25, -0.2) is 9.67 Å². The molecule has 0 N–H and O–H groups in total. The first-order valence-electron chi connectivity index (χ1n) is 6.51. The van der Waals surface area contributed by atoms with E-state index in [-0.39, 0.29) is 18.1 Å². The number of likely N-dealkylation sites (tertiary alicyclic amines) is 1. The highest BCUT2D eigenvalue weighted by Crippen LogP contribution is 2.30. The Hall–Kier alpha value is -1.80. The monoisotopic (exact) mass is 291 g/mol. The minimum absolute atomic E-state index is 0.0167. The highest BCUT2D eigenvalue weighted by atomic mass is 32.1. The Kier molecular flexibility index (Phi) is 2.78. The smallest absolute Gasteiger partial charge is 0.273 e. The summed E-state index contributed by atoms with van der Waals surface area (Å²) >= 11 is 1.43. The zero-order chi connectivity index (χ0) is 13.5. The molecule has 104 valence electrons. The molecule has 4 heterocycles. The molecule has 0 saturated carbocycles. The molecule has 1 saturated heterocycles. The highest BCUT2D eigenvalue weighted by molar-refractivity contribution is 7.07. The zero-order valence-corrected chi connectivity index (χ0v) is 11.5. The normalized spacial score (nSPS) is 25.1. The molecule has 2 aliphatic heterocycles. The van der Waals surface area contributed by atoms with Gasteiger partial charge in [-0.15, -0.1) is 16.4 Å². The molecule has 0 aromatic carbocycles. The molecule has 0 spiro atoms. The summed E-state index contributed by atoms with van der Waals surface area (Å²) in [6.07, 6.45) is 2.65. The number of piperidine rings is 1. The summed E-state index contributed by atoms with van der Waals surface area (Å²) in [4.78, 5) is 18.3. The van der Waals surface area contributed by atoms with Crippen molar-refractivity contribution < 1.29 is 9.53 Å². The third-order valence-corrected chi connectivity index (χ3v) is 4.45. The number of rotatable bonds is 1. The second-order valence-corrected chi connectivity index (χ2v) is 5.72. The molecule has 1 fully saturated rings. The summed E-state index contributed by atoms with van der Waals surface area (Å²) in [5.41, 5.74) is 3.16. The molecule has 8 heteroatoms. The Morgan fingerprint density at radius 2 is 2.45 bits per heavy atom. The molecule has 4 rings (SSSR count). The number of carbonyl (C=O) groups excluding carboxylic acids is 1. The lowest BCUT2D eigenvalue weighted by molar-refractivity contribution is -0.0605. The van der Waals surface area contributed by atoms with Crippen LogP contribution in [0, 0.1) is 0 Å². The van der Waals surface area contributed by atoms with Gasteiger partial charge in [0, 0.05) is 18.5 Å². The van der Waals surface area contributed by atoms with Crippen molar-refractivity contribution in [3.63, 3.8) is 0 Å². The van der Waals surface area contributed by atoms with Crippen LogP contribution in [0.1, 0.15) is 28.6 Å². The molecule has 1 amide bonds. The Morgan fingerprint density at radius 1 is 1.50 bits per heavy atom. The van der Waals surface area contributed by atoms with Gasteiger partial charge in [-0.1, -0.05) is 5.21 Å². The number of carbonyl (C=O) groups is 1. The van der Waals surface area contributed by atoms with Crippen molar-refractivity contribution in [2.24, 2.45) is 0 Å². The van der Waals surface area contributed by atoms with Gasteiger partial charge in [0.05, 0.1) is 36.2 Å². The van der Waals surface area contributed by atoms with Gasteiger partial charge in [0.15, 0.2) is 0 Å². The molecular formula is C12H13N5O2S. The standard InChI is InChI=1S/C12H13N5O2S/c18-12(9-6-20-7-13-9)16-2-1-11-10(4-16)17-8(5-19-11)3-14-15-17/h3,6-7,10-11H,1-2,4-5H2/t10-,11+/m0/s1. The van der Waals surface area contributed by atoms with Crippen molar-refractivity contribution in [3.05, 3.63) is 28.5 Å². The van der Waals surface area contributed by atoms with Crippen LogP contribution in [0.4, 0.5) is 0 Å². The van der Waals surface area contributed by atoms with E-state index in [1.165, 1.54) is 11.3 Å². The predicted octanol–water partition coefficient (Wildman–Crippen LogP) is 0.721. The maximum absolute atomic E-state index is 12.4. The molecule has 2 aliphatic rings. The second-order valence-electron chi connectivity index (χ2n) is 5.00. The zero-order valence-electron chi connectivity index (χ0n) is 10.7. The quantitative estimate of drug-likeness (QED) is 0.774. The maximum Gasteiger partial charge on any atom is 0.273 e. The van der Waals surface area contributed by atoms with Crippen LogP contribution in [0.2, 0.25) is 0 Å². The first-order valence-corrected chi connectivity index (χ1v) is 7.45. The number of thiazole rings is 1. The number of fused-ring (bicyclic) bond motifs is 3.